The van der Waals surface area contributed by atoms with E-state index in [1.807, 2.05) is 121 Å². The maximum Gasteiger partial charge on any atom is 0.258 e. The molecule has 1 unspecified atom stereocenters. The van der Waals surface area contributed by atoms with Gasteiger partial charge in [-0.15, -0.1) is 0 Å². The van der Waals surface area contributed by atoms with E-state index in [-0.39, 0.29) is 5.91 Å². The number of nitrogens with zero attached hydrogens (tertiary/aromatic N) is 1. The Balaban J connectivity index is 1.39. The van der Waals surface area contributed by atoms with E-state index in [9.17, 15) is 4.79 Å². The minimum Gasteiger partial charge on any atom is -0.490 e. The molecule has 1 atom stereocenters. The van der Waals surface area contributed by atoms with Gasteiger partial charge in [-0.1, -0.05) is 72.8 Å². The molecule has 0 fully saturated rings. The molecule has 0 saturated heterocycles. The van der Waals surface area contributed by atoms with Crippen LogP contribution in [0.15, 0.2) is 109 Å². The predicted octanol–water partition coefficient (Wildman–Crippen LogP) is 6.09. The summed E-state index contributed by atoms with van der Waals surface area (Å²) in [5, 5.41) is 3.63. The number of para-hydroxylation sites is 2. The van der Waals surface area contributed by atoms with Crippen molar-refractivity contribution in [2.24, 2.45) is 0 Å². The van der Waals surface area contributed by atoms with Crippen molar-refractivity contribution in [3.8, 4) is 11.5 Å². The molecule has 4 aromatic carbocycles. The molecule has 35 heavy (non-hydrogen) atoms. The Morgan fingerprint density at radius 3 is 2.14 bits per heavy atom. The van der Waals surface area contributed by atoms with Crippen LogP contribution in [-0.2, 0) is 12.2 Å². The van der Waals surface area contributed by atoms with Crippen LogP contribution in [-0.4, -0.2) is 24.0 Å². The maximum atomic E-state index is 13.7. The Morgan fingerprint density at radius 1 is 0.743 bits per heavy atom. The lowest BCUT2D eigenvalue weighted by Crippen LogP contribution is -2.55. The number of amides is 1. The number of fused-ring (bicyclic) bond motifs is 1. The predicted molar refractivity (Wildman–Crippen MR) is 138 cm³/mol. The molecule has 5 heteroatoms. The van der Waals surface area contributed by atoms with E-state index in [0.717, 1.165) is 28.3 Å². The topological polar surface area (TPSA) is 50.8 Å². The first-order chi connectivity index (χ1) is 17.1. The van der Waals surface area contributed by atoms with Crippen LogP contribution in [0.2, 0.25) is 0 Å². The molecule has 1 amide bonds. The first-order valence-electron chi connectivity index (χ1n) is 11.8. The molecule has 1 heterocycles. The second-order valence-corrected chi connectivity index (χ2v) is 8.66. The van der Waals surface area contributed by atoms with Gasteiger partial charge in [0.25, 0.3) is 5.91 Å². The summed E-state index contributed by atoms with van der Waals surface area (Å²) >= 11 is 0. The van der Waals surface area contributed by atoms with Crippen LogP contribution in [0.5, 0.6) is 11.5 Å². The molecule has 0 spiro atoms. The van der Waals surface area contributed by atoms with Gasteiger partial charge in [-0.05, 0) is 48.9 Å². The van der Waals surface area contributed by atoms with Crippen LogP contribution >= 0.6 is 0 Å². The van der Waals surface area contributed by atoms with Crippen molar-refractivity contribution in [2.45, 2.75) is 19.1 Å². The Labute approximate surface area is 205 Å². The molecular weight excluding hydrogens is 436 g/mol. The highest BCUT2D eigenvalue weighted by Crippen LogP contribution is 2.39. The minimum atomic E-state index is -0.763. The zero-order chi connectivity index (χ0) is 24.1. The molecule has 176 valence electrons. The molecule has 0 aliphatic carbocycles. The van der Waals surface area contributed by atoms with Gasteiger partial charge < -0.3 is 19.7 Å². The van der Waals surface area contributed by atoms with Gasteiger partial charge in [0.15, 0.2) is 0 Å². The van der Waals surface area contributed by atoms with Crippen molar-refractivity contribution in [3.05, 3.63) is 126 Å². The summed E-state index contributed by atoms with van der Waals surface area (Å²) in [4.78, 5) is 15.6. The number of anilines is 1. The summed E-state index contributed by atoms with van der Waals surface area (Å²) in [7, 11) is 0. The van der Waals surface area contributed by atoms with E-state index >= 15 is 0 Å². The molecule has 1 N–H and O–H groups in total. The highest BCUT2D eigenvalue weighted by Gasteiger charge is 2.42. The van der Waals surface area contributed by atoms with Crippen LogP contribution < -0.4 is 14.8 Å². The molecule has 1 aliphatic rings. The van der Waals surface area contributed by atoms with E-state index < -0.39 is 5.66 Å². The SMILES string of the molecule is CC1(c2cccc(OCCOc3ccccc3)c2)Nc2ccccc2C(=O)N1Cc1ccccc1. The van der Waals surface area contributed by atoms with Crippen molar-refractivity contribution in [3.63, 3.8) is 0 Å². The Kier molecular flexibility index (Phi) is 6.40. The zero-order valence-electron chi connectivity index (χ0n) is 19.7. The van der Waals surface area contributed by atoms with E-state index in [1.54, 1.807) is 0 Å². The zero-order valence-corrected chi connectivity index (χ0v) is 19.7. The average molecular weight is 465 g/mol. The lowest BCUT2D eigenvalue weighted by atomic mass is 9.92. The fraction of sp³-hybridized carbons (Fsp3) is 0.167. The number of benzene rings is 4. The number of hydrogen-bond donors (Lipinski definition) is 1. The lowest BCUT2D eigenvalue weighted by molar-refractivity contribution is 0.0508. The summed E-state index contributed by atoms with van der Waals surface area (Å²) < 4.78 is 11.7. The number of hydrogen-bond acceptors (Lipinski definition) is 4. The van der Waals surface area contributed by atoms with E-state index in [2.05, 4.69) is 5.32 Å². The maximum absolute atomic E-state index is 13.7. The number of carbonyl (C=O) groups is 1. The Morgan fingerprint density at radius 2 is 1.37 bits per heavy atom. The summed E-state index contributed by atoms with van der Waals surface area (Å²) in [6.45, 7) is 3.38. The Hall–Kier alpha value is -4.25. The second kappa shape index (κ2) is 9.94. The molecule has 1 aliphatic heterocycles. The number of nitrogens with one attached hydrogen (secondary N) is 1. The van der Waals surface area contributed by atoms with E-state index in [0.29, 0.717) is 25.3 Å². The first kappa shape index (κ1) is 22.5. The summed E-state index contributed by atoms with van der Waals surface area (Å²) in [6, 6.07) is 35.3. The molecule has 0 saturated carbocycles. The first-order valence-corrected chi connectivity index (χ1v) is 11.8. The third-order valence-electron chi connectivity index (χ3n) is 6.26. The van der Waals surface area contributed by atoms with Gasteiger partial charge in [0.2, 0.25) is 0 Å². The molecule has 4 aromatic rings. The van der Waals surface area contributed by atoms with Crippen LogP contribution in [0.3, 0.4) is 0 Å². The van der Waals surface area contributed by atoms with Crippen molar-refractivity contribution in [1.29, 1.82) is 0 Å². The van der Waals surface area contributed by atoms with Gasteiger partial charge >= 0.3 is 0 Å². The lowest BCUT2D eigenvalue weighted by Gasteiger charge is -2.47. The average Bonchev–Trinajstić information content (AvgIpc) is 2.90. The fourth-order valence-corrected chi connectivity index (χ4v) is 4.41. The molecule has 0 aromatic heterocycles. The van der Waals surface area contributed by atoms with Gasteiger partial charge in [0.1, 0.15) is 30.4 Å². The van der Waals surface area contributed by atoms with Crippen molar-refractivity contribution in [2.75, 3.05) is 18.5 Å². The fourth-order valence-electron chi connectivity index (χ4n) is 4.41. The van der Waals surface area contributed by atoms with Gasteiger partial charge in [-0.3, -0.25) is 4.79 Å². The summed E-state index contributed by atoms with van der Waals surface area (Å²) in [5.74, 6) is 1.54. The smallest absolute Gasteiger partial charge is 0.258 e. The number of ether oxygens (including phenoxy) is 2. The van der Waals surface area contributed by atoms with Crippen molar-refractivity contribution >= 4 is 11.6 Å². The standard InChI is InChI=1S/C30H28N2O3/c1-30(24-13-10-16-26(21-24)35-20-19-34-25-14-6-3-7-15-25)31-28-18-9-8-17-27(28)29(33)32(30)22-23-11-4-2-5-12-23/h2-18,21,31H,19-20,22H2,1H3. The van der Waals surface area contributed by atoms with Gasteiger partial charge in [-0.2, -0.15) is 0 Å². The van der Waals surface area contributed by atoms with E-state index in [1.165, 1.54) is 0 Å². The third-order valence-corrected chi connectivity index (χ3v) is 6.26. The van der Waals surface area contributed by atoms with Gasteiger partial charge in [0.05, 0.1) is 5.56 Å². The van der Waals surface area contributed by atoms with Crippen LogP contribution in [0.1, 0.15) is 28.4 Å². The molecule has 5 rings (SSSR count). The number of carbonyl (C=O) groups excluding carboxylic acids is 1. The van der Waals surface area contributed by atoms with E-state index in [4.69, 9.17) is 9.47 Å². The monoisotopic (exact) mass is 464 g/mol. The third kappa shape index (κ3) is 4.85. The largest absolute Gasteiger partial charge is 0.490 e. The quantitative estimate of drug-likeness (QED) is 0.321. The van der Waals surface area contributed by atoms with Crippen LogP contribution in [0, 0.1) is 0 Å². The van der Waals surface area contributed by atoms with Crippen molar-refractivity contribution in [1.82, 2.24) is 4.90 Å². The van der Waals surface area contributed by atoms with Gasteiger partial charge in [0, 0.05) is 17.8 Å². The molecular formula is C30H28N2O3. The number of rotatable bonds is 8. The molecule has 0 bridgehead atoms. The normalized spacial score (nSPS) is 16.8. The summed E-state index contributed by atoms with van der Waals surface area (Å²) in [5.41, 5.74) is 2.75. The molecule has 0 radical (unpaired) electrons. The Bertz CT molecular complexity index is 1290. The summed E-state index contributed by atoms with van der Waals surface area (Å²) in [6.07, 6.45) is 0. The van der Waals surface area contributed by atoms with Gasteiger partial charge in [-0.25, -0.2) is 0 Å². The highest BCUT2D eigenvalue weighted by atomic mass is 16.5. The van der Waals surface area contributed by atoms with Crippen LogP contribution in [0.4, 0.5) is 5.69 Å². The second-order valence-electron chi connectivity index (χ2n) is 8.66. The highest BCUT2D eigenvalue weighted by molar-refractivity contribution is 6.02. The van der Waals surface area contributed by atoms with Crippen molar-refractivity contribution < 1.29 is 14.3 Å². The van der Waals surface area contributed by atoms with Crippen LogP contribution in [0.25, 0.3) is 0 Å². The molecule has 5 nitrogen and oxygen atoms in total. The minimum absolute atomic E-state index is 0.00622.